The summed E-state index contributed by atoms with van der Waals surface area (Å²) >= 11 is 5.78. The van der Waals surface area contributed by atoms with E-state index in [1.54, 1.807) is 24.3 Å². The third-order valence-corrected chi connectivity index (χ3v) is 5.56. The number of amides is 1. The maximum atomic E-state index is 14.7. The number of carbonyl (C=O) groups is 1. The molecule has 0 bridgehead atoms. The van der Waals surface area contributed by atoms with Crippen LogP contribution < -0.4 is 10.1 Å². The predicted molar refractivity (Wildman–Crippen MR) is 104 cm³/mol. The number of benzene rings is 1. The van der Waals surface area contributed by atoms with Crippen LogP contribution in [0.2, 0.25) is 5.02 Å². The Labute approximate surface area is 190 Å². The summed E-state index contributed by atoms with van der Waals surface area (Å²) in [7, 11) is 0. The molecule has 2 aromatic rings. The molecule has 0 unspecified atom stereocenters. The number of hydrogen-bond donors (Lipinski definition) is 1. The molecule has 1 aromatic carbocycles. The summed E-state index contributed by atoms with van der Waals surface area (Å²) in [5.74, 6) is -0.322. The molecule has 180 valence electrons. The standard InChI is InChI=1S/C20H20ClF4N3O5/c21-11-1-3-13(4-2-11)30-9-16(29)26-12-7-15(22)17(31-8-12)19-28-27-18(32-19)10-5-14(6-10)33-20(23,24)25/h1-4,10,12,14-15,17H,5-9H2,(H,26,29)/t10-,12-,14+,15+,17+/m0/s1. The van der Waals surface area contributed by atoms with E-state index in [2.05, 4.69) is 20.3 Å². The first-order chi connectivity index (χ1) is 15.7. The summed E-state index contributed by atoms with van der Waals surface area (Å²) in [4.78, 5) is 12.1. The zero-order valence-electron chi connectivity index (χ0n) is 17.1. The van der Waals surface area contributed by atoms with E-state index in [-0.39, 0.29) is 50.2 Å². The molecule has 2 heterocycles. The van der Waals surface area contributed by atoms with Crippen LogP contribution in [0.4, 0.5) is 17.6 Å². The number of alkyl halides is 4. The minimum absolute atomic E-state index is 0.0143. The van der Waals surface area contributed by atoms with Crippen molar-refractivity contribution in [2.75, 3.05) is 13.2 Å². The molecule has 1 aromatic heterocycles. The lowest BCUT2D eigenvalue weighted by atomic mass is 9.82. The quantitative estimate of drug-likeness (QED) is 0.585. The van der Waals surface area contributed by atoms with Gasteiger partial charge < -0.3 is 19.2 Å². The van der Waals surface area contributed by atoms with Gasteiger partial charge in [0.25, 0.3) is 5.91 Å². The van der Waals surface area contributed by atoms with Gasteiger partial charge in [-0.15, -0.1) is 23.4 Å². The second-order valence-electron chi connectivity index (χ2n) is 7.85. The van der Waals surface area contributed by atoms with E-state index < -0.39 is 36.7 Å². The molecule has 8 nitrogen and oxygen atoms in total. The average Bonchev–Trinajstić information content (AvgIpc) is 3.18. The van der Waals surface area contributed by atoms with E-state index in [1.807, 2.05) is 0 Å². The number of carbonyl (C=O) groups excluding carboxylic acids is 1. The van der Waals surface area contributed by atoms with Crippen molar-refractivity contribution in [2.24, 2.45) is 0 Å². The largest absolute Gasteiger partial charge is 0.522 e. The zero-order chi connectivity index (χ0) is 23.6. The highest BCUT2D eigenvalue weighted by atomic mass is 35.5. The van der Waals surface area contributed by atoms with Gasteiger partial charge in [-0.05, 0) is 37.1 Å². The van der Waals surface area contributed by atoms with Gasteiger partial charge in [0.05, 0.1) is 18.8 Å². The molecule has 1 amide bonds. The monoisotopic (exact) mass is 493 g/mol. The van der Waals surface area contributed by atoms with Gasteiger partial charge in [0.1, 0.15) is 11.9 Å². The van der Waals surface area contributed by atoms with Crippen LogP contribution in [0, 0.1) is 0 Å². The fraction of sp³-hybridized carbons (Fsp3) is 0.550. The van der Waals surface area contributed by atoms with Gasteiger partial charge in [-0.2, -0.15) is 0 Å². The van der Waals surface area contributed by atoms with Gasteiger partial charge in [-0.1, -0.05) is 11.6 Å². The predicted octanol–water partition coefficient (Wildman–Crippen LogP) is 3.87. The van der Waals surface area contributed by atoms with Crippen LogP contribution in [0.25, 0.3) is 0 Å². The molecule has 0 spiro atoms. The lowest BCUT2D eigenvalue weighted by Gasteiger charge is -2.33. The highest BCUT2D eigenvalue weighted by Gasteiger charge is 2.43. The fourth-order valence-corrected chi connectivity index (χ4v) is 3.77. The Hall–Kier alpha value is -2.44. The lowest BCUT2D eigenvalue weighted by molar-refractivity contribution is -0.352. The molecule has 1 saturated heterocycles. The second kappa shape index (κ2) is 9.82. The first-order valence-electron chi connectivity index (χ1n) is 10.2. The number of nitrogens with one attached hydrogen (secondary N) is 1. The molecule has 13 heteroatoms. The Morgan fingerprint density at radius 2 is 1.85 bits per heavy atom. The normalized spacial score (nSPS) is 27.6. The molecule has 1 aliphatic heterocycles. The average molecular weight is 494 g/mol. The molecule has 2 fully saturated rings. The summed E-state index contributed by atoms with van der Waals surface area (Å²) in [6.07, 6.45) is -8.18. The zero-order valence-corrected chi connectivity index (χ0v) is 17.8. The van der Waals surface area contributed by atoms with Crippen LogP contribution in [-0.4, -0.2) is 54.0 Å². The minimum Gasteiger partial charge on any atom is -0.484 e. The van der Waals surface area contributed by atoms with E-state index in [0.29, 0.717) is 10.8 Å². The molecular weight excluding hydrogens is 474 g/mol. The first-order valence-corrected chi connectivity index (χ1v) is 10.6. The smallest absolute Gasteiger partial charge is 0.484 e. The van der Waals surface area contributed by atoms with Gasteiger partial charge in [0, 0.05) is 17.4 Å². The lowest BCUT2D eigenvalue weighted by Crippen LogP contribution is -2.46. The Bertz CT molecular complexity index is 952. The number of nitrogens with zero attached hydrogens (tertiary/aromatic N) is 2. The van der Waals surface area contributed by atoms with E-state index >= 15 is 0 Å². The highest BCUT2D eigenvalue weighted by Crippen LogP contribution is 2.41. The number of hydrogen-bond acceptors (Lipinski definition) is 7. The van der Waals surface area contributed by atoms with Crippen LogP contribution in [-0.2, 0) is 14.3 Å². The molecule has 2 aliphatic rings. The van der Waals surface area contributed by atoms with Crippen LogP contribution >= 0.6 is 11.6 Å². The fourth-order valence-electron chi connectivity index (χ4n) is 3.64. The van der Waals surface area contributed by atoms with Crippen LogP contribution in [0.1, 0.15) is 43.1 Å². The topological polar surface area (TPSA) is 95.7 Å². The summed E-state index contributed by atoms with van der Waals surface area (Å²) in [5, 5.41) is 10.8. The van der Waals surface area contributed by atoms with Crippen molar-refractivity contribution in [3.63, 3.8) is 0 Å². The molecule has 4 rings (SSSR count). The van der Waals surface area contributed by atoms with Crippen LogP contribution in [0.5, 0.6) is 5.75 Å². The Morgan fingerprint density at radius 1 is 1.15 bits per heavy atom. The SMILES string of the molecule is O=C(COc1ccc(Cl)cc1)N[C@@H]1CO[C@@H](c2nnc([C@H]3C[C@@H](OC(F)(F)F)C3)o2)[C@H](F)C1. The van der Waals surface area contributed by atoms with Gasteiger partial charge in [-0.25, -0.2) is 4.39 Å². The maximum absolute atomic E-state index is 14.7. The van der Waals surface area contributed by atoms with E-state index in [4.69, 9.17) is 25.5 Å². The Balaban J connectivity index is 1.22. The number of ether oxygens (including phenoxy) is 3. The van der Waals surface area contributed by atoms with Gasteiger partial charge >= 0.3 is 6.36 Å². The van der Waals surface area contributed by atoms with Crippen molar-refractivity contribution in [3.05, 3.63) is 41.1 Å². The van der Waals surface area contributed by atoms with E-state index in [9.17, 15) is 22.4 Å². The molecule has 1 N–H and O–H groups in total. The number of rotatable bonds is 7. The van der Waals surface area contributed by atoms with Crippen LogP contribution in [0.3, 0.4) is 0 Å². The van der Waals surface area contributed by atoms with E-state index in [1.165, 1.54) is 0 Å². The summed E-state index contributed by atoms with van der Waals surface area (Å²) in [6.45, 7) is -0.244. The molecular formula is C20H20ClF4N3O5. The Morgan fingerprint density at radius 3 is 2.52 bits per heavy atom. The maximum Gasteiger partial charge on any atom is 0.522 e. The molecule has 33 heavy (non-hydrogen) atoms. The number of halogens is 5. The molecule has 3 atom stereocenters. The Kier molecular flexibility index (Phi) is 7.05. The first kappa shape index (κ1) is 23.7. The van der Waals surface area contributed by atoms with Crippen molar-refractivity contribution < 1.29 is 41.0 Å². The van der Waals surface area contributed by atoms with Gasteiger partial charge in [0.2, 0.25) is 11.8 Å². The van der Waals surface area contributed by atoms with Crippen molar-refractivity contribution in [2.45, 2.75) is 56.0 Å². The van der Waals surface area contributed by atoms with Gasteiger partial charge in [0.15, 0.2) is 12.7 Å². The summed E-state index contributed by atoms with van der Waals surface area (Å²) in [5.41, 5.74) is 0. The third-order valence-electron chi connectivity index (χ3n) is 5.31. The summed E-state index contributed by atoms with van der Waals surface area (Å²) in [6, 6.07) is 5.91. The summed E-state index contributed by atoms with van der Waals surface area (Å²) < 4.78 is 71.6. The highest BCUT2D eigenvalue weighted by molar-refractivity contribution is 6.30. The number of aromatic nitrogens is 2. The third kappa shape index (κ3) is 6.33. The van der Waals surface area contributed by atoms with Crippen molar-refractivity contribution in [1.29, 1.82) is 0 Å². The van der Waals surface area contributed by atoms with Gasteiger partial charge in [-0.3, -0.25) is 9.53 Å². The van der Waals surface area contributed by atoms with Crippen molar-refractivity contribution >= 4 is 17.5 Å². The minimum atomic E-state index is -4.69. The molecule has 1 aliphatic carbocycles. The van der Waals surface area contributed by atoms with Crippen LogP contribution in [0.15, 0.2) is 28.7 Å². The molecule has 0 radical (unpaired) electrons. The van der Waals surface area contributed by atoms with E-state index in [0.717, 1.165) is 0 Å². The second-order valence-corrected chi connectivity index (χ2v) is 8.28. The van der Waals surface area contributed by atoms with Crippen molar-refractivity contribution in [1.82, 2.24) is 15.5 Å². The molecule has 1 saturated carbocycles. The van der Waals surface area contributed by atoms with Crippen molar-refractivity contribution in [3.8, 4) is 5.75 Å².